The van der Waals surface area contributed by atoms with Crippen molar-refractivity contribution in [3.8, 4) is 0 Å². The van der Waals surface area contributed by atoms with E-state index in [0.717, 1.165) is 12.1 Å². The summed E-state index contributed by atoms with van der Waals surface area (Å²) in [5, 5.41) is 0. The first kappa shape index (κ1) is 15.0. The van der Waals surface area contributed by atoms with Gasteiger partial charge in [-0.2, -0.15) is 0 Å². The molecule has 0 aliphatic rings. The molecule has 0 saturated heterocycles. The van der Waals surface area contributed by atoms with Crippen molar-refractivity contribution < 1.29 is 0 Å². The van der Waals surface area contributed by atoms with Crippen LogP contribution in [0, 0.1) is 0 Å². The minimum absolute atomic E-state index is 0.0356. The predicted molar refractivity (Wildman–Crippen MR) is 74.8 cm³/mol. The van der Waals surface area contributed by atoms with Crippen molar-refractivity contribution in [2.75, 3.05) is 5.88 Å². The van der Waals surface area contributed by atoms with Crippen LogP contribution in [-0.4, -0.2) is 15.0 Å². The Labute approximate surface area is 112 Å². The number of halogens is 1. The molecular weight excluding hydrogens is 252 g/mol. The Morgan fingerprint density at radius 3 is 2.11 bits per heavy atom. The first-order valence-corrected chi connectivity index (χ1v) is 6.86. The highest BCUT2D eigenvalue weighted by molar-refractivity contribution is 6.17. The van der Waals surface area contributed by atoms with Crippen molar-refractivity contribution >= 4 is 11.6 Å². The van der Waals surface area contributed by atoms with E-state index in [1.165, 1.54) is 4.57 Å². The summed E-state index contributed by atoms with van der Waals surface area (Å²) in [6.07, 6.45) is 1.42. The molecule has 102 valence electrons. The second kappa shape index (κ2) is 6.23. The van der Waals surface area contributed by atoms with E-state index in [4.69, 9.17) is 11.6 Å². The molecule has 5 heteroatoms. The van der Waals surface area contributed by atoms with Gasteiger partial charge in [0.05, 0.1) is 0 Å². The summed E-state index contributed by atoms with van der Waals surface area (Å²) in [4.78, 5) is 24.3. The summed E-state index contributed by atoms with van der Waals surface area (Å²) < 4.78 is 2.98. The maximum atomic E-state index is 12.3. The first-order valence-electron chi connectivity index (χ1n) is 6.33. The zero-order valence-electron chi connectivity index (χ0n) is 11.4. The van der Waals surface area contributed by atoms with Crippen molar-refractivity contribution in [2.24, 2.45) is 0 Å². The standard InChI is InChI=1S/C13H21ClN2O2/c1-9(2)15-11(6-5-7-14)8-12(17)16(10(3)4)13(15)18/h8-10H,5-7H2,1-4H3. The summed E-state index contributed by atoms with van der Waals surface area (Å²) in [6, 6.07) is 1.47. The number of nitrogens with zero attached hydrogens (tertiary/aromatic N) is 2. The van der Waals surface area contributed by atoms with Crippen LogP contribution in [0.5, 0.6) is 0 Å². The van der Waals surface area contributed by atoms with Crippen molar-refractivity contribution in [1.82, 2.24) is 9.13 Å². The fourth-order valence-corrected chi connectivity index (χ4v) is 2.22. The Morgan fingerprint density at radius 1 is 1.11 bits per heavy atom. The third-order valence-corrected chi connectivity index (χ3v) is 3.12. The molecule has 0 amide bonds. The molecule has 0 aromatic carbocycles. The number of aromatic nitrogens is 2. The molecule has 0 bridgehead atoms. The van der Waals surface area contributed by atoms with Crippen LogP contribution >= 0.6 is 11.6 Å². The van der Waals surface area contributed by atoms with E-state index in [0.29, 0.717) is 12.3 Å². The second-order valence-electron chi connectivity index (χ2n) is 4.98. The van der Waals surface area contributed by atoms with Crippen LogP contribution in [0.25, 0.3) is 0 Å². The Hall–Kier alpha value is -1.03. The molecule has 0 fully saturated rings. The number of aryl methyl sites for hydroxylation is 1. The van der Waals surface area contributed by atoms with Crippen LogP contribution in [0.2, 0.25) is 0 Å². The molecule has 1 aromatic rings. The largest absolute Gasteiger partial charge is 0.331 e. The van der Waals surface area contributed by atoms with Crippen LogP contribution in [-0.2, 0) is 6.42 Å². The quantitative estimate of drug-likeness (QED) is 0.773. The van der Waals surface area contributed by atoms with Crippen LogP contribution in [0.3, 0.4) is 0 Å². The zero-order valence-corrected chi connectivity index (χ0v) is 12.2. The van der Waals surface area contributed by atoms with Gasteiger partial charge in [-0.1, -0.05) is 0 Å². The van der Waals surface area contributed by atoms with Crippen LogP contribution in [0.4, 0.5) is 0 Å². The van der Waals surface area contributed by atoms with Gasteiger partial charge in [0.25, 0.3) is 5.56 Å². The number of hydrogen-bond donors (Lipinski definition) is 0. The molecule has 1 heterocycles. The lowest BCUT2D eigenvalue weighted by Crippen LogP contribution is -2.42. The van der Waals surface area contributed by atoms with Crippen LogP contribution in [0.15, 0.2) is 15.7 Å². The van der Waals surface area contributed by atoms with Gasteiger partial charge >= 0.3 is 5.69 Å². The van der Waals surface area contributed by atoms with E-state index < -0.39 is 0 Å². The smallest absolute Gasteiger partial charge is 0.295 e. The van der Waals surface area contributed by atoms with Gasteiger partial charge in [-0.15, -0.1) is 11.6 Å². The predicted octanol–water partition coefficient (Wildman–Crippen LogP) is 2.34. The van der Waals surface area contributed by atoms with E-state index in [-0.39, 0.29) is 23.3 Å². The van der Waals surface area contributed by atoms with Crippen LogP contribution in [0.1, 0.15) is 51.9 Å². The average Bonchev–Trinajstić information content (AvgIpc) is 2.24. The van der Waals surface area contributed by atoms with Gasteiger partial charge < -0.3 is 0 Å². The minimum atomic E-state index is -0.225. The van der Waals surface area contributed by atoms with E-state index >= 15 is 0 Å². The lowest BCUT2D eigenvalue weighted by molar-refractivity contribution is 0.457. The molecular formula is C13H21ClN2O2. The van der Waals surface area contributed by atoms with Crippen molar-refractivity contribution in [3.63, 3.8) is 0 Å². The lowest BCUT2D eigenvalue weighted by atomic mass is 10.2. The molecule has 0 radical (unpaired) electrons. The first-order chi connectivity index (χ1) is 8.40. The summed E-state index contributed by atoms with van der Waals surface area (Å²) in [5.41, 5.74) is 0.325. The summed E-state index contributed by atoms with van der Waals surface area (Å²) in [5.74, 6) is 0.527. The number of hydrogen-bond acceptors (Lipinski definition) is 2. The topological polar surface area (TPSA) is 44.0 Å². The fourth-order valence-electron chi connectivity index (χ4n) is 2.08. The fraction of sp³-hybridized carbons (Fsp3) is 0.692. The van der Waals surface area contributed by atoms with E-state index in [1.54, 1.807) is 10.6 Å². The molecule has 1 rings (SSSR count). The lowest BCUT2D eigenvalue weighted by Gasteiger charge is -2.19. The zero-order chi connectivity index (χ0) is 13.9. The molecule has 0 spiro atoms. The number of rotatable bonds is 5. The molecule has 0 aliphatic carbocycles. The van der Waals surface area contributed by atoms with E-state index in [9.17, 15) is 9.59 Å². The van der Waals surface area contributed by atoms with Crippen LogP contribution < -0.4 is 11.2 Å². The molecule has 0 N–H and O–H groups in total. The van der Waals surface area contributed by atoms with E-state index in [1.807, 2.05) is 27.7 Å². The van der Waals surface area contributed by atoms with E-state index in [2.05, 4.69) is 0 Å². The molecule has 0 unspecified atom stereocenters. The second-order valence-corrected chi connectivity index (χ2v) is 5.35. The summed E-state index contributed by atoms with van der Waals surface area (Å²) in [7, 11) is 0. The van der Waals surface area contributed by atoms with Gasteiger partial charge in [0.15, 0.2) is 0 Å². The minimum Gasteiger partial charge on any atom is -0.295 e. The summed E-state index contributed by atoms with van der Waals surface area (Å²) in [6.45, 7) is 7.57. The molecule has 0 atom stereocenters. The highest BCUT2D eigenvalue weighted by Gasteiger charge is 2.15. The Kier molecular flexibility index (Phi) is 5.20. The Balaban J connectivity index is 3.46. The molecule has 18 heavy (non-hydrogen) atoms. The Morgan fingerprint density at radius 2 is 1.67 bits per heavy atom. The van der Waals surface area contributed by atoms with Gasteiger partial charge in [-0.3, -0.25) is 13.9 Å². The van der Waals surface area contributed by atoms with Gasteiger partial charge in [-0.25, -0.2) is 4.79 Å². The molecule has 0 aliphatic heterocycles. The third kappa shape index (κ3) is 3.05. The van der Waals surface area contributed by atoms with Crippen molar-refractivity contribution in [1.29, 1.82) is 0 Å². The van der Waals surface area contributed by atoms with Gasteiger partial charge in [-0.05, 0) is 40.5 Å². The van der Waals surface area contributed by atoms with Gasteiger partial charge in [0.1, 0.15) is 0 Å². The molecule has 0 saturated carbocycles. The SMILES string of the molecule is CC(C)n1c(CCCCl)cc(=O)n(C(C)C)c1=O. The van der Waals surface area contributed by atoms with Crippen molar-refractivity contribution in [3.05, 3.63) is 32.6 Å². The van der Waals surface area contributed by atoms with Crippen molar-refractivity contribution in [2.45, 2.75) is 52.6 Å². The van der Waals surface area contributed by atoms with Gasteiger partial charge in [0, 0.05) is 29.7 Å². The average molecular weight is 273 g/mol. The Bertz CT molecular complexity index is 515. The third-order valence-electron chi connectivity index (χ3n) is 2.85. The monoisotopic (exact) mass is 272 g/mol. The maximum Gasteiger partial charge on any atom is 0.331 e. The summed E-state index contributed by atoms with van der Waals surface area (Å²) >= 11 is 5.67. The highest BCUT2D eigenvalue weighted by atomic mass is 35.5. The normalized spacial score (nSPS) is 11.5. The number of alkyl halides is 1. The highest BCUT2D eigenvalue weighted by Crippen LogP contribution is 2.08. The molecule has 1 aromatic heterocycles. The molecule has 4 nitrogen and oxygen atoms in total. The van der Waals surface area contributed by atoms with Gasteiger partial charge in [0.2, 0.25) is 0 Å². The maximum absolute atomic E-state index is 12.3.